The molecule has 2 aliphatic heterocycles. The van der Waals surface area contributed by atoms with E-state index in [0.29, 0.717) is 19.8 Å². The van der Waals surface area contributed by atoms with E-state index < -0.39 is 0 Å². The molecule has 1 fully saturated rings. The van der Waals surface area contributed by atoms with Gasteiger partial charge in [-0.25, -0.2) is 4.98 Å². The zero-order valence-electron chi connectivity index (χ0n) is 16.7. The molecule has 1 N–H and O–H groups in total. The fourth-order valence-corrected chi connectivity index (χ4v) is 4.09. The molecule has 0 spiro atoms. The van der Waals surface area contributed by atoms with Gasteiger partial charge in [0.15, 0.2) is 0 Å². The van der Waals surface area contributed by atoms with Crippen LogP contribution in [0.3, 0.4) is 0 Å². The minimum atomic E-state index is 0.645. The maximum atomic E-state index is 9.98. The van der Waals surface area contributed by atoms with E-state index in [4.69, 9.17) is 9.72 Å². The number of morpholine rings is 1. The zero-order valence-corrected chi connectivity index (χ0v) is 16.7. The second kappa shape index (κ2) is 9.08. The van der Waals surface area contributed by atoms with Gasteiger partial charge in [0.2, 0.25) is 0 Å². The molecule has 0 bridgehead atoms. The van der Waals surface area contributed by atoms with E-state index >= 15 is 0 Å². The van der Waals surface area contributed by atoms with Crippen molar-refractivity contribution in [3.05, 3.63) is 65.2 Å². The number of benzene rings is 1. The van der Waals surface area contributed by atoms with Crippen molar-refractivity contribution in [2.45, 2.75) is 19.5 Å². The molecule has 0 aliphatic carbocycles. The number of fused-ring (bicyclic) bond motifs is 1. The molecule has 6 nitrogen and oxygen atoms in total. The van der Waals surface area contributed by atoms with Gasteiger partial charge in [-0.15, -0.1) is 6.58 Å². The highest BCUT2D eigenvalue weighted by molar-refractivity contribution is 5.67. The summed E-state index contributed by atoms with van der Waals surface area (Å²) in [7, 11) is 0. The monoisotopic (exact) mass is 389 g/mol. The van der Waals surface area contributed by atoms with Crippen molar-refractivity contribution in [1.29, 1.82) is 5.26 Å². The normalized spacial score (nSPS) is 16.7. The molecule has 29 heavy (non-hydrogen) atoms. The fraction of sp³-hybridized carbons (Fsp3) is 0.391. The van der Waals surface area contributed by atoms with Crippen molar-refractivity contribution >= 4 is 11.6 Å². The Morgan fingerprint density at radius 3 is 2.69 bits per heavy atom. The summed E-state index contributed by atoms with van der Waals surface area (Å²) in [5.74, 6) is 1.66. The molecule has 4 rings (SSSR count). The van der Waals surface area contributed by atoms with Gasteiger partial charge in [-0.1, -0.05) is 36.4 Å². The maximum Gasteiger partial charge on any atom is 0.149 e. The van der Waals surface area contributed by atoms with Gasteiger partial charge in [0, 0.05) is 44.8 Å². The Balaban J connectivity index is 1.68. The number of hydrogen-bond acceptors (Lipinski definition) is 6. The fourth-order valence-electron chi connectivity index (χ4n) is 4.09. The van der Waals surface area contributed by atoms with E-state index in [-0.39, 0.29) is 0 Å². The van der Waals surface area contributed by atoms with Gasteiger partial charge in [-0.2, -0.15) is 5.26 Å². The van der Waals surface area contributed by atoms with Crippen LogP contribution in [0.1, 0.15) is 22.3 Å². The molecule has 2 aliphatic rings. The molecule has 1 aromatic carbocycles. The molecular weight excluding hydrogens is 362 g/mol. The molecule has 1 saturated heterocycles. The summed E-state index contributed by atoms with van der Waals surface area (Å²) in [6, 6.07) is 13.0. The van der Waals surface area contributed by atoms with Gasteiger partial charge >= 0.3 is 0 Å². The third-order valence-electron chi connectivity index (χ3n) is 5.54. The Morgan fingerprint density at radius 1 is 1.17 bits per heavy atom. The quantitative estimate of drug-likeness (QED) is 0.767. The third-order valence-corrected chi connectivity index (χ3v) is 5.54. The van der Waals surface area contributed by atoms with Gasteiger partial charge in [0.25, 0.3) is 0 Å². The Bertz CT molecular complexity index is 900. The second-order valence-electron chi connectivity index (χ2n) is 7.44. The molecule has 0 amide bonds. The molecule has 3 heterocycles. The largest absolute Gasteiger partial charge is 0.378 e. The van der Waals surface area contributed by atoms with Gasteiger partial charge in [0.05, 0.1) is 18.8 Å². The molecule has 0 unspecified atom stereocenters. The number of ether oxygens (including phenoxy) is 1. The molecule has 150 valence electrons. The van der Waals surface area contributed by atoms with Gasteiger partial charge in [0.1, 0.15) is 17.7 Å². The summed E-state index contributed by atoms with van der Waals surface area (Å²) < 4.78 is 5.49. The lowest BCUT2D eigenvalue weighted by Gasteiger charge is -2.34. The number of nitrogens with one attached hydrogen (secondary N) is 1. The van der Waals surface area contributed by atoms with Crippen LogP contribution in [-0.4, -0.2) is 49.3 Å². The van der Waals surface area contributed by atoms with Crippen LogP contribution in [0.15, 0.2) is 43.0 Å². The minimum absolute atomic E-state index is 0.645. The molecule has 0 atom stereocenters. The molecule has 0 radical (unpaired) electrons. The number of rotatable bonds is 6. The number of hydrogen-bond donors (Lipinski definition) is 1. The summed E-state index contributed by atoms with van der Waals surface area (Å²) >= 11 is 0. The average Bonchev–Trinajstić information content (AvgIpc) is 2.78. The first-order valence-electron chi connectivity index (χ1n) is 10.2. The summed E-state index contributed by atoms with van der Waals surface area (Å²) in [5.41, 5.74) is 4.31. The molecule has 1 aromatic heterocycles. The molecule has 2 aromatic rings. The van der Waals surface area contributed by atoms with E-state index in [2.05, 4.69) is 52.0 Å². The lowest BCUT2D eigenvalue weighted by molar-refractivity contribution is 0.122. The number of aromatic nitrogens is 1. The van der Waals surface area contributed by atoms with E-state index in [9.17, 15) is 5.26 Å². The van der Waals surface area contributed by atoms with Crippen molar-refractivity contribution in [3.8, 4) is 6.07 Å². The molecule has 6 heteroatoms. The zero-order chi connectivity index (χ0) is 20.1. The highest BCUT2D eigenvalue weighted by Crippen LogP contribution is 2.34. The van der Waals surface area contributed by atoms with Crippen LogP contribution >= 0.6 is 0 Å². The van der Waals surface area contributed by atoms with Crippen LogP contribution in [0.25, 0.3) is 0 Å². The van der Waals surface area contributed by atoms with Crippen LogP contribution in [0.2, 0.25) is 0 Å². The van der Waals surface area contributed by atoms with Crippen molar-refractivity contribution in [2.75, 3.05) is 49.6 Å². The van der Waals surface area contributed by atoms with Crippen LogP contribution in [0, 0.1) is 11.3 Å². The summed E-state index contributed by atoms with van der Waals surface area (Å²) in [6.07, 6.45) is 2.69. The van der Waals surface area contributed by atoms with Crippen LogP contribution < -0.4 is 10.2 Å². The summed E-state index contributed by atoms with van der Waals surface area (Å²) in [5, 5.41) is 13.4. The first-order chi connectivity index (χ1) is 14.3. The van der Waals surface area contributed by atoms with Gasteiger partial charge in [-0.05, 0) is 17.5 Å². The number of anilines is 2. The van der Waals surface area contributed by atoms with Crippen LogP contribution in [0.4, 0.5) is 11.6 Å². The summed E-state index contributed by atoms with van der Waals surface area (Å²) in [4.78, 5) is 9.52. The van der Waals surface area contributed by atoms with Crippen molar-refractivity contribution in [2.24, 2.45) is 0 Å². The first kappa shape index (κ1) is 19.4. The Kier molecular flexibility index (Phi) is 6.09. The van der Waals surface area contributed by atoms with E-state index in [1.165, 1.54) is 5.56 Å². The predicted octanol–water partition coefficient (Wildman–Crippen LogP) is 2.95. The number of nitrogens with zero attached hydrogens (tertiary/aromatic N) is 4. The lowest BCUT2D eigenvalue weighted by atomic mass is 9.95. The Hall–Kier alpha value is -2.88. The van der Waals surface area contributed by atoms with Crippen molar-refractivity contribution in [3.63, 3.8) is 0 Å². The number of pyridine rings is 1. The number of nitriles is 1. The molecule has 0 saturated carbocycles. The highest BCUT2D eigenvalue weighted by atomic mass is 16.5. The van der Waals surface area contributed by atoms with E-state index in [1.54, 1.807) is 0 Å². The minimum Gasteiger partial charge on any atom is -0.378 e. The smallest absolute Gasteiger partial charge is 0.149 e. The van der Waals surface area contributed by atoms with E-state index in [0.717, 1.165) is 67.5 Å². The Labute approximate surface area is 172 Å². The third kappa shape index (κ3) is 4.26. The van der Waals surface area contributed by atoms with Crippen molar-refractivity contribution in [1.82, 2.24) is 9.88 Å². The van der Waals surface area contributed by atoms with Gasteiger partial charge in [-0.3, -0.25) is 4.90 Å². The SMILES string of the molecule is C=CCNc1nc(N2CCOCC2)c(C#N)c2c1CN(Cc1ccccc1)CC2. The lowest BCUT2D eigenvalue weighted by Crippen LogP contribution is -2.38. The van der Waals surface area contributed by atoms with Gasteiger partial charge < -0.3 is 15.0 Å². The highest BCUT2D eigenvalue weighted by Gasteiger charge is 2.28. The molecular formula is C23H27N5O. The Morgan fingerprint density at radius 2 is 1.97 bits per heavy atom. The van der Waals surface area contributed by atoms with Crippen molar-refractivity contribution < 1.29 is 4.74 Å². The maximum absolute atomic E-state index is 9.98. The predicted molar refractivity (Wildman–Crippen MR) is 115 cm³/mol. The van der Waals surface area contributed by atoms with Crippen LogP contribution in [-0.2, 0) is 24.2 Å². The standard InChI is InChI=1S/C23H27N5O/c1-2-9-25-22-21-17-27(16-18-6-4-3-5-7-18)10-8-19(21)20(15-24)23(26-22)28-11-13-29-14-12-28/h2-7H,1,8-14,16-17H2,(H,25,26). The first-order valence-corrected chi connectivity index (χ1v) is 10.2. The summed E-state index contributed by atoms with van der Waals surface area (Å²) in [6.45, 7) is 9.96. The second-order valence-corrected chi connectivity index (χ2v) is 7.44. The average molecular weight is 390 g/mol. The van der Waals surface area contributed by atoms with Crippen LogP contribution in [0.5, 0.6) is 0 Å². The van der Waals surface area contributed by atoms with E-state index in [1.807, 2.05) is 12.1 Å². The topological polar surface area (TPSA) is 64.4 Å².